The van der Waals surface area contributed by atoms with E-state index in [9.17, 15) is 9.59 Å². The number of aldehydes is 1. The molecule has 0 aliphatic heterocycles. The third kappa shape index (κ3) is 3.81. The number of nitrogens with two attached hydrogens (primary N) is 1. The topological polar surface area (TPSA) is 69.4 Å². The van der Waals surface area contributed by atoms with Gasteiger partial charge in [-0.3, -0.25) is 4.79 Å². The maximum Gasteiger partial charge on any atom is 0.156 e. The molecule has 0 fully saturated rings. The number of hydrogen-bond donors (Lipinski definition) is 1. The molecule has 1 aliphatic rings. The van der Waals surface area contributed by atoms with Gasteiger partial charge in [0.2, 0.25) is 0 Å². The van der Waals surface area contributed by atoms with Crippen LogP contribution < -0.4 is 10.5 Å². The minimum Gasteiger partial charge on any atom is -0.497 e. The van der Waals surface area contributed by atoms with Gasteiger partial charge in [0.15, 0.2) is 5.78 Å². The Kier molecular flexibility index (Phi) is 6.09. The highest BCUT2D eigenvalue weighted by Crippen LogP contribution is 2.53. The van der Waals surface area contributed by atoms with E-state index in [1.807, 2.05) is 24.3 Å². The van der Waals surface area contributed by atoms with Gasteiger partial charge in [0.05, 0.1) is 12.5 Å². The Balaban J connectivity index is 2.03. The number of hydrogen-bond acceptors (Lipinski definition) is 4. The molecule has 0 spiro atoms. The van der Waals surface area contributed by atoms with Crippen molar-refractivity contribution in [2.75, 3.05) is 12.8 Å². The van der Waals surface area contributed by atoms with E-state index in [1.165, 1.54) is 0 Å². The van der Waals surface area contributed by atoms with E-state index in [4.69, 9.17) is 33.7 Å². The maximum atomic E-state index is 13.1. The zero-order chi connectivity index (χ0) is 22.9. The summed E-state index contributed by atoms with van der Waals surface area (Å²) < 4.78 is 5.27. The average molecular weight is 466 g/mol. The Labute approximate surface area is 196 Å². The van der Waals surface area contributed by atoms with E-state index in [-0.39, 0.29) is 12.2 Å². The summed E-state index contributed by atoms with van der Waals surface area (Å²) in [5.74, 6) is 0.0909. The quantitative estimate of drug-likeness (QED) is 0.378. The second-order valence-electron chi connectivity index (χ2n) is 7.78. The van der Waals surface area contributed by atoms with Crippen LogP contribution in [0, 0.1) is 0 Å². The fraction of sp³-hybridized carbons (Fsp3) is 0.154. The highest BCUT2D eigenvalue weighted by Gasteiger charge is 2.49. The Morgan fingerprint density at radius 2 is 1.75 bits per heavy atom. The van der Waals surface area contributed by atoms with Crippen molar-refractivity contribution in [3.63, 3.8) is 0 Å². The summed E-state index contributed by atoms with van der Waals surface area (Å²) in [7, 11) is 1.58. The van der Waals surface area contributed by atoms with Crippen molar-refractivity contribution in [2.24, 2.45) is 0 Å². The van der Waals surface area contributed by atoms with Crippen molar-refractivity contribution in [1.82, 2.24) is 0 Å². The van der Waals surface area contributed by atoms with Crippen molar-refractivity contribution in [1.29, 1.82) is 0 Å². The molecule has 32 heavy (non-hydrogen) atoms. The van der Waals surface area contributed by atoms with Crippen LogP contribution in [0.15, 0.2) is 72.8 Å². The van der Waals surface area contributed by atoms with Gasteiger partial charge in [0.25, 0.3) is 0 Å². The van der Waals surface area contributed by atoms with Crippen LogP contribution in [0.25, 0.3) is 5.57 Å². The highest BCUT2D eigenvalue weighted by molar-refractivity contribution is 6.31. The lowest BCUT2D eigenvalue weighted by Gasteiger charge is -2.42. The van der Waals surface area contributed by atoms with Crippen molar-refractivity contribution < 1.29 is 14.3 Å². The molecule has 0 amide bonds. The van der Waals surface area contributed by atoms with Crippen LogP contribution in [0.4, 0.5) is 5.69 Å². The largest absolute Gasteiger partial charge is 0.497 e. The first-order valence-corrected chi connectivity index (χ1v) is 10.8. The summed E-state index contributed by atoms with van der Waals surface area (Å²) in [5.41, 5.74) is 8.24. The van der Waals surface area contributed by atoms with Gasteiger partial charge in [-0.15, -0.1) is 0 Å². The fourth-order valence-corrected chi connectivity index (χ4v) is 4.92. The van der Waals surface area contributed by atoms with E-state index in [0.717, 1.165) is 17.4 Å². The van der Waals surface area contributed by atoms with Crippen molar-refractivity contribution >= 4 is 46.5 Å². The second kappa shape index (κ2) is 8.81. The minimum absolute atomic E-state index is 0.0780. The number of methoxy groups -OCH3 is 1. The number of rotatable bonds is 5. The Bertz CT molecular complexity index is 1220. The summed E-state index contributed by atoms with van der Waals surface area (Å²) in [6.45, 7) is 0. The lowest BCUT2D eigenvalue weighted by molar-refractivity contribution is -0.116. The number of carbonyl (C=O) groups excluding carboxylic acids is 2. The van der Waals surface area contributed by atoms with Gasteiger partial charge in [0, 0.05) is 28.1 Å². The van der Waals surface area contributed by atoms with Gasteiger partial charge >= 0.3 is 0 Å². The van der Waals surface area contributed by atoms with Gasteiger partial charge in [-0.25, -0.2) is 0 Å². The Morgan fingerprint density at radius 1 is 1.03 bits per heavy atom. The van der Waals surface area contributed by atoms with Crippen LogP contribution in [-0.4, -0.2) is 19.2 Å². The summed E-state index contributed by atoms with van der Waals surface area (Å²) in [4.78, 5) is 26.0. The molecule has 0 heterocycles. The standard InChI is InChI=1S/C26H21Cl2NO3/c1-32-21-8-5-16(6-9-21)23-13-20(31)14-24(17-3-2-4-18(27)11-17)26(23,15-30)22-10-7-19(28)12-25(22)29/h2-13,15,24H,14,29H2,1H3/t24-,26-/m0/s1. The summed E-state index contributed by atoms with van der Waals surface area (Å²) in [5, 5.41) is 0.993. The van der Waals surface area contributed by atoms with E-state index in [0.29, 0.717) is 32.6 Å². The van der Waals surface area contributed by atoms with Gasteiger partial charge in [-0.2, -0.15) is 0 Å². The van der Waals surface area contributed by atoms with E-state index in [1.54, 1.807) is 55.7 Å². The molecule has 2 N–H and O–H groups in total. The molecule has 0 saturated carbocycles. The summed E-state index contributed by atoms with van der Waals surface area (Å²) >= 11 is 12.4. The molecule has 1 aliphatic carbocycles. The molecule has 4 nitrogen and oxygen atoms in total. The van der Waals surface area contributed by atoms with Crippen LogP contribution in [0.2, 0.25) is 10.0 Å². The van der Waals surface area contributed by atoms with E-state index < -0.39 is 11.3 Å². The van der Waals surface area contributed by atoms with Crippen molar-refractivity contribution in [2.45, 2.75) is 17.8 Å². The van der Waals surface area contributed by atoms with E-state index >= 15 is 0 Å². The predicted octanol–water partition coefficient (Wildman–Crippen LogP) is 5.86. The van der Waals surface area contributed by atoms with Crippen LogP contribution >= 0.6 is 23.2 Å². The first-order valence-electron chi connectivity index (χ1n) is 10.1. The van der Waals surface area contributed by atoms with Crippen LogP contribution in [0.1, 0.15) is 29.0 Å². The lowest BCUT2D eigenvalue weighted by atomic mass is 9.58. The number of carbonyl (C=O) groups is 2. The number of anilines is 1. The summed E-state index contributed by atoms with van der Waals surface area (Å²) in [6, 6.07) is 19.6. The third-order valence-electron chi connectivity index (χ3n) is 6.00. The lowest BCUT2D eigenvalue weighted by Crippen LogP contribution is -2.41. The molecule has 3 aromatic rings. The number of ether oxygens (including phenoxy) is 1. The first kappa shape index (κ1) is 22.1. The van der Waals surface area contributed by atoms with Crippen molar-refractivity contribution in [3.05, 3.63) is 99.5 Å². The number of ketones is 1. The number of benzene rings is 3. The van der Waals surface area contributed by atoms with Crippen LogP contribution in [0.5, 0.6) is 5.75 Å². The Morgan fingerprint density at radius 3 is 2.38 bits per heavy atom. The molecule has 0 bridgehead atoms. The smallest absolute Gasteiger partial charge is 0.156 e. The molecular formula is C26H21Cl2NO3. The number of nitrogen functional groups attached to an aromatic ring is 1. The zero-order valence-electron chi connectivity index (χ0n) is 17.3. The minimum atomic E-state index is -1.22. The zero-order valence-corrected chi connectivity index (χ0v) is 18.9. The number of halogens is 2. The molecular weight excluding hydrogens is 445 g/mol. The van der Waals surface area contributed by atoms with Gasteiger partial charge < -0.3 is 15.3 Å². The van der Waals surface area contributed by atoms with Crippen molar-refractivity contribution in [3.8, 4) is 5.75 Å². The Hall–Kier alpha value is -3.08. The second-order valence-corrected chi connectivity index (χ2v) is 8.66. The van der Waals surface area contributed by atoms with E-state index in [2.05, 4.69) is 0 Å². The highest BCUT2D eigenvalue weighted by atomic mass is 35.5. The van der Waals surface area contributed by atoms with Gasteiger partial charge in [0.1, 0.15) is 12.0 Å². The third-order valence-corrected chi connectivity index (χ3v) is 6.47. The molecule has 0 saturated heterocycles. The molecule has 162 valence electrons. The molecule has 0 radical (unpaired) electrons. The summed E-state index contributed by atoms with van der Waals surface area (Å²) in [6.07, 6.45) is 2.58. The SMILES string of the molecule is COc1ccc(C2=CC(=O)C[C@@H](c3cccc(Cl)c3)[C@@]2(C=O)c2ccc(Cl)cc2N)cc1. The maximum absolute atomic E-state index is 13.1. The fourth-order valence-electron chi connectivity index (χ4n) is 4.54. The van der Waals surface area contributed by atoms with Gasteiger partial charge in [-0.1, -0.05) is 53.5 Å². The molecule has 0 aromatic heterocycles. The first-order chi connectivity index (χ1) is 15.4. The number of allylic oxidation sites excluding steroid dienone is 2. The molecule has 0 unspecified atom stereocenters. The predicted molar refractivity (Wildman–Crippen MR) is 128 cm³/mol. The van der Waals surface area contributed by atoms with Crippen LogP contribution in [0.3, 0.4) is 0 Å². The van der Waals surface area contributed by atoms with Crippen LogP contribution in [-0.2, 0) is 15.0 Å². The normalized spacial score (nSPS) is 20.5. The molecule has 2 atom stereocenters. The monoisotopic (exact) mass is 465 g/mol. The molecule has 6 heteroatoms. The van der Waals surface area contributed by atoms with Gasteiger partial charge in [-0.05, 0) is 64.7 Å². The molecule has 3 aromatic carbocycles. The average Bonchev–Trinajstić information content (AvgIpc) is 2.79. The molecule has 4 rings (SSSR count).